The van der Waals surface area contributed by atoms with Crippen molar-refractivity contribution in [2.24, 2.45) is 11.8 Å². The molecule has 0 saturated carbocycles. The van der Waals surface area contributed by atoms with Gasteiger partial charge in [-0.2, -0.15) is 0 Å². The number of carbonyl (C=O) groups excluding carboxylic acids is 3. The molecule has 31 heavy (non-hydrogen) atoms. The monoisotopic (exact) mass is 427 g/mol. The van der Waals surface area contributed by atoms with Gasteiger partial charge in [-0.15, -0.1) is 0 Å². The van der Waals surface area contributed by atoms with Gasteiger partial charge < -0.3 is 19.5 Å². The van der Waals surface area contributed by atoms with Crippen molar-refractivity contribution >= 4 is 17.7 Å². The summed E-state index contributed by atoms with van der Waals surface area (Å²) in [7, 11) is 1.54. The number of ether oxygens (including phenoxy) is 3. The number of carbonyl (C=O) groups is 3. The lowest BCUT2D eigenvalue weighted by Crippen LogP contribution is -2.43. The number of allylic oxidation sites excluding steroid dienone is 3. The molecule has 1 heterocycles. The summed E-state index contributed by atoms with van der Waals surface area (Å²) >= 11 is 0. The van der Waals surface area contributed by atoms with Crippen LogP contribution in [0.25, 0.3) is 0 Å². The predicted molar refractivity (Wildman–Crippen MR) is 114 cm³/mol. The zero-order valence-corrected chi connectivity index (χ0v) is 18.6. The summed E-state index contributed by atoms with van der Waals surface area (Å²) in [5.74, 6) is -2.67. The molecule has 1 aliphatic carbocycles. The van der Waals surface area contributed by atoms with Crippen molar-refractivity contribution in [2.45, 2.75) is 40.0 Å². The lowest BCUT2D eigenvalue weighted by Gasteiger charge is -2.38. The van der Waals surface area contributed by atoms with E-state index >= 15 is 0 Å². The van der Waals surface area contributed by atoms with E-state index in [1.807, 2.05) is 25.1 Å². The van der Waals surface area contributed by atoms with Gasteiger partial charge in [-0.05, 0) is 39.2 Å². The standard InChI is InChI=1S/C24H29NO6/c1-6-30-23(27)18-13(3)12-16-21(22(18)26)20(15-10-8-9-11-17(15)29-5)19(14(4)25-16)24(28)31-7-2/h8-11,13,18,20,25H,6-7,12H2,1-5H3. The molecule has 0 spiro atoms. The Hall–Kier alpha value is -3.09. The van der Waals surface area contributed by atoms with E-state index in [1.54, 1.807) is 33.9 Å². The highest BCUT2D eigenvalue weighted by Gasteiger charge is 2.47. The maximum Gasteiger partial charge on any atom is 0.336 e. The predicted octanol–water partition coefficient (Wildman–Crippen LogP) is 3.26. The van der Waals surface area contributed by atoms with Crippen LogP contribution in [-0.2, 0) is 23.9 Å². The summed E-state index contributed by atoms with van der Waals surface area (Å²) in [5, 5.41) is 3.24. The topological polar surface area (TPSA) is 90.9 Å². The first-order chi connectivity index (χ1) is 14.8. The summed E-state index contributed by atoms with van der Waals surface area (Å²) in [6.45, 7) is 7.51. The van der Waals surface area contributed by atoms with E-state index in [4.69, 9.17) is 14.2 Å². The largest absolute Gasteiger partial charge is 0.496 e. The molecule has 1 aromatic carbocycles. The lowest BCUT2D eigenvalue weighted by molar-refractivity contribution is -0.153. The summed E-state index contributed by atoms with van der Waals surface area (Å²) in [4.78, 5) is 39.3. The summed E-state index contributed by atoms with van der Waals surface area (Å²) < 4.78 is 16.1. The van der Waals surface area contributed by atoms with Crippen LogP contribution in [0.5, 0.6) is 5.75 Å². The lowest BCUT2D eigenvalue weighted by atomic mass is 9.69. The molecule has 7 nitrogen and oxygen atoms in total. The molecule has 0 fully saturated rings. The van der Waals surface area contributed by atoms with E-state index in [1.165, 1.54) is 0 Å². The minimum absolute atomic E-state index is 0.197. The van der Waals surface area contributed by atoms with Crippen molar-refractivity contribution in [1.82, 2.24) is 5.32 Å². The minimum atomic E-state index is -0.917. The van der Waals surface area contributed by atoms with E-state index in [2.05, 4.69) is 5.32 Å². The number of hydrogen-bond acceptors (Lipinski definition) is 7. The van der Waals surface area contributed by atoms with Crippen LogP contribution in [0.3, 0.4) is 0 Å². The first-order valence-corrected chi connectivity index (χ1v) is 10.6. The van der Waals surface area contributed by atoms with Crippen molar-refractivity contribution < 1.29 is 28.6 Å². The summed E-state index contributed by atoms with van der Waals surface area (Å²) in [6, 6.07) is 7.27. The maximum absolute atomic E-state index is 13.7. The van der Waals surface area contributed by atoms with Crippen LogP contribution in [0.15, 0.2) is 46.8 Å². The molecule has 1 aliphatic heterocycles. The molecule has 3 rings (SSSR count). The average Bonchev–Trinajstić information content (AvgIpc) is 2.73. The van der Waals surface area contributed by atoms with Gasteiger partial charge in [0.05, 0.1) is 31.8 Å². The third-order valence-electron chi connectivity index (χ3n) is 5.77. The van der Waals surface area contributed by atoms with E-state index in [0.29, 0.717) is 34.6 Å². The summed E-state index contributed by atoms with van der Waals surface area (Å²) in [5.41, 5.74) is 2.76. The molecule has 2 aliphatic rings. The van der Waals surface area contributed by atoms with Crippen LogP contribution in [0.1, 0.15) is 45.6 Å². The Kier molecular flexibility index (Phi) is 6.83. The SMILES string of the molecule is CCOC(=O)C1=C(C)NC2=C(C(=O)C(C(=O)OCC)C(C)C2)C1c1ccccc1OC. The number of methoxy groups -OCH3 is 1. The number of esters is 2. The zero-order valence-electron chi connectivity index (χ0n) is 18.6. The van der Waals surface area contributed by atoms with E-state index in [0.717, 1.165) is 5.70 Å². The van der Waals surface area contributed by atoms with Gasteiger partial charge in [-0.3, -0.25) is 9.59 Å². The molecule has 3 atom stereocenters. The molecule has 3 unspecified atom stereocenters. The third-order valence-corrected chi connectivity index (χ3v) is 5.77. The number of rotatable bonds is 6. The molecule has 7 heteroatoms. The number of nitrogens with one attached hydrogen (secondary N) is 1. The van der Waals surface area contributed by atoms with Gasteiger partial charge in [0.15, 0.2) is 5.78 Å². The number of dihydropyridines is 1. The van der Waals surface area contributed by atoms with E-state index < -0.39 is 23.8 Å². The summed E-state index contributed by atoms with van der Waals surface area (Å²) in [6.07, 6.45) is 0.490. The normalized spacial score (nSPS) is 23.1. The van der Waals surface area contributed by atoms with Crippen LogP contribution in [0.2, 0.25) is 0 Å². The van der Waals surface area contributed by atoms with Crippen LogP contribution in [-0.4, -0.2) is 38.0 Å². The average molecular weight is 427 g/mol. The van der Waals surface area contributed by atoms with Crippen molar-refractivity contribution in [3.8, 4) is 5.75 Å². The maximum atomic E-state index is 13.7. The highest BCUT2D eigenvalue weighted by molar-refractivity contribution is 6.12. The van der Waals surface area contributed by atoms with Gasteiger partial charge in [0, 0.05) is 22.5 Å². The second-order valence-electron chi connectivity index (χ2n) is 7.73. The van der Waals surface area contributed by atoms with Crippen molar-refractivity contribution in [1.29, 1.82) is 0 Å². The van der Waals surface area contributed by atoms with Crippen LogP contribution < -0.4 is 10.1 Å². The molecule has 0 bridgehead atoms. The van der Waals surface area contributed by atoms with Gasteiger partial charge in [0.2, 0.25) is 0 Å². The Balaban J connectivity index is 2.20. The van der Waals surface area contributed by atoms with Gasteiger partial charge in [0.1, 0.15) is 11.7 Å². The molecule has 1 N–H and O–H groups in total. The number of benzene rings is 1. The smallest absolute Gasteiger partial charge is 0.336 e. The Morgan fingerprint density at radius 1 is 1.13 bits per heavy atom. The Labute approximate surface area is 182 Å². The minimum Gasteiger partial charge on any atom is -0.496 e. The van der Waals surface area contributed by atoms with Gasteiger partial charge in [0.25, 0.3) is 0 Å². The Morgan fingerprint density at radius 3 is 2.45 bits per heavy atom. The molecular formula is C24H29NO6. The van der Waals surface area contributed by atoms with Crippen molar-refractivity contribution in [3.63, 3.8) is 0 Å². The fraction of sp³-hybridized carbons (Fsp3) is 0.458. The molecular weight excluding hydrogens is 398 g/mol. The molecule has 0 amide bonds. The third kappa shape index (κ3) is 4.09. The van der Waals surface area contributed by atoms with Gasteiger partial charge in [-0.25, -0.2) is 4.79 Å². The van der Waals surface area contributed by atoms with Crippen LogP contribution >= 0.6 is 0 Å². The molecule has 166 valence electrons. The molecule has 1 aromatic rings. The van der Waals surface area contributed by atoms with Crippen molar-refractivity contribution in [2.75, 3.05) is 20.3 Å². The number of ketones is 1. The number of para-hydroxylation sites is 1. The van der Waals surface area contributed by atoms with E-state index in [9.17, 15) is 14.4 Å². The van der Waals surface area contributed by atoms with Gasteiger partial charge in [-0.1, -0.05) is 25.1 Å². The number of hydrogen-bond donors (Lipinski definition) is 1. The van der Waals surface area contributed by atoms with E-state index in [-0.39, 0.29) is 24.9 Å². The fourth-order valence-corrected chi connectivity index (χ4v) is 4.48. The highest BCUT2D eigenvalue weighted by Crippen LogP contribution is 2.47. The second-order valence-corrected chi connectivity index (χ2v) is 7.73. The highest BCUT2D eigenvalue weighted by atomic mass is 16.5. The molecule has 0 aromatic heterocycles. The Bertz CT molecular complexity index is 961. The van der Waals surface area contributed by atoms with Crippen molar-refractivity contribution in [3.05, 3.63) is 52.4 Å². The Morgan fingerprint density at radius 2 is 1.81 bits per heavy atom. The quantitative estimate of drug-likeness (QED) is 0.550. The molecule has 0 saturated heterocycles. The number of Topliss-reactive ketones (excluding diaryl/α,β-unsaturated/α-hetero) is 1. The zero-order chi connectivity index (χ0) is 22.7. The second kappa shape index (κ2) is 9.37. The van der Waals surface area contributed by atoms with Crippen LogP contribution in [0, 0.1) is 11.8 Å². The first-order valence-electron chi connectivity index (χ1n) is 10.6. The molecule has 0 radical (unpaired) electrons. The fourth-order valence-electron chi connectivity index (χ4n) is 4.48. The van der Waals surface area contributed by atoms with Crippen LogP contribution in [0.4, 0.5) is 0 Å². The first kappa shape index (κ1) is 22.6. The van der Waals surface area contributed by atoms with Gasteiger partial charge >= 0.3 is 11.9 Å².